The molecular formula is C18H24N6OS. The van der Waals surface area contributed by atoms with Crippen LogP contribution in [0.25, 0.3) is 0 Å². The minimum absolute atomic E-state index is 0.0129. The van der Waals surface area contributed by atoms with Crippen molar-refractivity contribution in [3.63, 3.8) is 0 Å². The number of allylic oxidation sites excluding steroid dienone is 1. The average Bonchev–Trinajstić information content (AvgIpc) is 2.67. The molecule has 7 nitrogen and oxygen atoms in total. The zero-order valence-electron chi connectivity index (χ0n) is 14.9. The Kier molecular flexibility index (Phi) is 7.91. The van der Waals surface area contributed by atoms with E-state index < -0.39 is 0 Å². The predicted molar refractivity (Wildman–Crippen MR) is 109 cm³/mol. The van der Waals surface area contributed by atoms with E-state index in [4.69, 9.17) is 10.8 Å². The molecule has 0 unspecified atom stereocenters. The number of aliphatic imine (C=N–C) groups is 1. The van der Waals surface area contributed by atoms with Crippen LogP contribution in [0.1, 0.15) is 11.1 Å². The van der Waals surface area contributed by atoms with Crippen molar-refractivity contribution in [3.05, 3.63) is 53.5 Å². The fraction of sp³-hybridized carbons (Fsp3) is 0.278. The van der Waals surface area contributed by atoms with Gasteiger partial charge in [0.05, 0.1) is 18.8 Å². The number of hydrogen-bond acceptors (Lipinski definition) is 8. The molecule has 2 aromatic rings. The monoisotopic (exact) mass is 372 g/mol. The summed E-state index contributed by atoms with van der Waals surface area (Å²) in [4.78, 5) is 14.0. The highest BCUT2D eigenvalue weighted by molar-refractivity contribution is 7.98. The molecule has 0 aliphatic rings. The number of benzene rings is 1. The minimum Gasteiger partial charge on any atom is -0.403 e. The number of nitrogens with two attached hydrogens (primary N) is 1. The van der Waals surface area contributed by atoms with Gasteiger partial charge in [0.1, 0.15) is 5.82 Å². The molecule has 0 saturated heterocycles. The lowest BCUT2D eigenvalue weighted by molar-refractivity contribution is 0.307. The van der Waals surface area contributed by atoms with Gasteiger partial charge in [-0.3, -0.25) is 4.99 Å². The van der Waals surface area contributed by atoms with Crippen LogP contribution in [0, 0.1) is 6.92 Å². The molecule has 138 valence electrons. The molecule has 0 amide bonds. The van der Waals surface area contributed by atoms with Gasteiger partial charge in [-0.05, 0) is 24.8 Å². The van der Waals surface area contributed by atoms with Crippen LogP contribution in [-0.2, 0) is 6.54 Å². The molecule has 1 aromatic heterocycles. The number of aliphatic hydroxyl groups excluding tert-OH is 1. The molecule has 8 heteroatoms. The summed E-state index contributed by atoms with van der Waals surface area (Å²) in [6, 6.07) is 8.26. The van der Waals surface area contributed by atoms with E-state index >= 15 is 0 Å². The maximum Gasteiger partial charge on any atom is 0.229 e. The van der Waals surface area contributed by atoms with Gasteiger partial charge in [0, 0.05) is 35.6 Å². The maximum absolute atomic E-state index is 8.78. The van der Waals surface area contributed by atoms with Crippen molar-refractivity contribution in [2.24, 2.45) is 10.7 Å². The number of nitrogens with one attached hydrogen (secondary N) is 2. The van der Waals surface area contributed by atoms with Gasteiger partial charge in [-0.15, -0.1) is 11.8 Å². The number of aromatic nitrogens is 2. The normalized spacial score (nSPS) is 11.7. The SMILES string of the molecule is CSc1ccccc1CNc1nc(N/C(C=NCCO)=C/N)ncc1C. The lowest BCUT2D eigenvalue weighted by atomic mass is 10.2. The van der Waals surface area contributed by atoms with Crippen molar-refractivity contribution in [1.29, 1.82) is 0 Å². The van der Waals surface area contributed by atoms with Gasteiger partial charge in [-0.25, -0.2) is 4.98 Å². The third-order valence-electron chi connectivity index (χ3n) is 3.51. The van der Waals surface area contributed by atoms with E-state index in [1.54, 1.807) is 24.2 Å². The van der Waals surface area contributed by atoms with Crippen molar-refractivity contribution in [2.45, 2.75) is 18.4 Å². The molecule has 0 bridgehead atoms. The Labute approximate surface area is 157 Å². The lowest BCUT2D eigenvalue weighted by Gasteiger charge is -2.12. The number of rotatable bonds is 9. The van der Waals surface area contributed by atoms with E-state index in [0.29, 0.717) is 24.7 Å². The van der Waals surface area contributed by atoms with Gasteiger partial charge in [-0.2, -0.15) is 4.98 Å². The number of thioether (sulfide) groups is 1. The Morgan fingerprint density at radius 3 is 2.92 bits per heavy atom. The quantitative estimate of drug-likeness (QED) is 0.395. The lowest BCUT2D eigenvalue weighted by Crippen LogP contribution is -2.10. The molecular weight excluding hydrogens is 348 g/mol. The van der Waals surface area contributed by atoms with Gasteiger partial charge in [0.2, 0.25) is 5.95 Å². The number of anilines is 2. The van der Waals surface area contributed by atoms with Crippen molar-refractivity contribution >= 4 is 29.7 Å². The molecule has 0 atom stereocenters. The van der Waals surface area contributed by atoms with Gasteiger partial charge >= 0.3 is 0 Å². The van der Waals surface area contributed by atoms with Crippen LogP contribution < -0.4 is 16.4 Å². The van der Waals surface area contributed by atoms with Crippen LogP contribution in [0.4, 0.5) is 11.8 Å². The summed E-state index contributed by atoms with van der Waals surface area (Å²) in [6.07, 6.45) is 6.74. The first-order valence-corrected chi connectivity index (χ1v) is 9.39. The van der Waals surface area contributed by atoms with Gasteiger partial charge in [-0.1, -0.05) is 18.2 Å². The Bertz CT molecular complexity index is 778. The van der Waals surface area contributed by atoms with Crippen LogP contribution in [-0.4, -0.2) is 40.7 Å². The van der Waals surface area contributed by atoms with Crippen molar-refractivity contribution in [3.8, 4) is 0 Å². The first-order chi connectivity index (χ1) is 12.7. The molecule has 0 spiro atoms. The number of hydrogen-bond donors (Lipinski definition) is 4. The average molecular weight is 372 g/mol. The predicted octanol–water partition coefficient (Wildman–Crippen LogP) is 2.39. The number of aryl methyl sites for hydroxylation is 1. The van der Waals surface area contributed by atoms with Crippen LogP contribution >= 0.6 is 11.8 Å². The molecule has 0 fully saturated rings. The zero-order chi connectivity index (χ0) is 18.8. The Balaban J connectivity index is 2.09. The largest absolute Gasteiger partial charge is 0.403 e. The van der Waals surface area contributed by atoms with Crippen LogP contribution in [0.3, 0.4) is 0 Å². The van der Waals surface area contributed by atoms with Crippen molar-refractivity contribution < 1.29 is 5.11 Å². The summed E-state index contributed by atoms with van der Waals surface area (Å²) in [5.41, 5.74) is 8.30. The van der Waals surface area contributed by atoms with Gasteiger partial charge in [0.15, 0.2) is 0 Å². The molecule has 0 radical (unpaired) electrons. The second-order valence-corrected chi connectivity index (χ2v) is 6.24. The van der Waals surface area contributed by atoms with E-state index in [9.17, 15) is 0 Å². The summed E-state index contributed by atoms with van der Waals surface area (Å²) >= 11 is 1.72. The second kappa shape index (κ2) is 10.4. The zero-order valence-corrected chi connectivity index (χ0v) is 15.8. The standard InChI is InChI=1S/C18H24N6OS/c1-13-10-22-18(23-15(9-19)12-20-7-8-25)24-17(13)21-11-14-5-3-4-6-16(14)26-2/h3-6,9-10,12,25H,7-8,11,19H2,1-2H3,(H2,21,22,23,24)/b15-9+,20-12?. The Morgan fingerprint density at radius 2 is 2.19 bits per heavy atom. The number of aliphatic hydroxyl groups is 1. The van der Waals surface area contributed by atoms with Crippen LogP contribution in [0.5, 0.6) is 0 Å². The number of nitrogens with zero attached hydrogens (tertiary/aromatic N) is 3. The van der Waals surface area contributed by atoms with E-state index in [1.807, 2.05) is 19.1 Å². The molecule has 1 heterocycles. The van der Waals surface area contributed by atoms with Gasteiger partial charge < -0.3 is 21.5 Å². The molecule has 0 saturated carbocycles. The van der Waals surface area contributed by atoms with Crippen molar-refractivity contribution in [2.75, 3.05) is 30.0 Å². The van der Waals surface area contributed by atoms with Crippen LogP contribution in [0.2, 0.25) is 0 Å². The van der Waals surface area contributed by atoms with E-state index in [-0.39, 0.29) is 6.61 Å². The topological polar surface area (TPSA) is 108 Å². The molecule has 26 heavy (non-hydrogen) atoms. The van der Waals surface area contributed by atoms with E-state index in [1.165, 1.54) is 16.7 Å². The van der Waals surface area contributed by atoms with E-state index in [2.05, 4.69) is 44.0 Å². The second-order valence-electron chi connectivity index (χ2n) is 5.40. The molecule has 1 aromatic carbocycles. The summed E-state index contributed by atoms with van der Waals surface area (Å²) in [6.45, 7) is 2.93. The summed E-state index contributed by atoms with van der Waals surface area (Å²) in [7, 11) is 0. The summed E-state index contributed by atoms with van der Waals surface area (Å²) in [5, 5.41) is 15.2. The first-order valence-electron chi connectivity index (χ1n) is 8.17. The Hall–Kier alpha value is -2.58. The summed E-state index contributed by atoms with van der Waals surface area (Å²) in [5.74, 6) is 1.17. The Morgan fingerprint density at radius 1 is 1.38 bits per heavy atom. The fourth-order valence-electron chi connectivity index (χ4n) is 2.18. The van der Waals surface area contributed by atoms with E-state index in [0.717, 1.165) is 11.4 Å². The molecule has 0 aliphatic heterocycles. The summed E-state index contributed by atoms with van der Waals surface area (Å²) < 4.78 is 0. The minimum atomic E-state index is -0.0129. The fourth-order valence-corrected chi connectivity index (χ4v) is 2.79. The highest BCUT2D eigenvalue weighted by Crippen LogP contribution is 2.21. The highest BCUT2D eigenvalue weighted by atomic mass is 32.2. The smallest absolute Gasteiger partial charge is 0.229 e. The third kappa shape index (κ3) is 5.75. The van der Waals surface area contributed by atoms with Crippen molar-refractivity contribution in [1.82, 2.24) is 9.97 Å². The van der Waals surface area contributed by atoms with Crippen LogP contribution in [0.15, 0.2) is 52.2 Å². The maximum atomic E-state index is 8.78. The third-order valence-corrected chi connectivity index (χ3v) is 4.34. The molecule has 5 N–H and O–H groups in total. The molecule has 2 rings (SSSR count). The highest BCUT2D eigenvalue weighted by Gasteiger charge is 2.06. The molecule has 0 aliphatic carbocycles. The first kappa shape index (κ1) is 19.7. The van der Waals surface area contributed by atoms with Gasteiger partial charge in [0.25, 0.3) is 0 Å².